The fraction of sp³-hybridized carbons (Fsp3) is 0.350. The molecule has 0 N–H and O–H groups in total. The van der Waals surface area contributed by atoms with E-state index in [4.69, 9.17) is 4.74 Å². The Morgan fingerprint density at radius 1 is 1.04 bits per heavy atom. The monoisotopic (exact) mass is 390 g/mol. The maximum Gasteiger partial charge on any atom is 0.163 e. The zero-order valence-electron chi connectivity index (χ0n) is 14.6. The smallest absolute Gasteiger partial charge is 0.163 e. The van der Waals surface area contributed by atoms with Crippen molar-refractivity contribution in [3.05, 3.63) is 65.7 Å². The Balaban J connectivity index is 1.89. The van der Waals surface area contributed by atoms with E-state index in [-0.39, 0.29) is 18.1 Å². The summed E-state index contributed by atoms with van der Waals surface area (Å²) in [7, 11) is -0.799. The number of Topliss-reactive ketones (excluding diaryl/α,β-unsaturated/α-hetero) is 1. The lowest BCUT2D eigenvalue weighted by Crippen LogP contribution is -2.36. The van der Waals surface area contributed by atoms with Crippen molar-refractivity contribution < 1.29 is 17.9 Å². The topological polar surface area (TPSA) is 60.4 Å². The largest absolute Gasteiger partial charge is 0.497 e. The molecule has 1 aliphatic rings. The number of hydrogen-bond acceptors (Lipinski definition) is 4. The number of rotatable bonds is 6. The van der Waals surface area contributed by atoms with Gasteiger partial charge in [-0.05, 0) is 36.2 Å². The summed E-state index contributed by atoms with van der Waals surface area (Å²) in [6.45, 7) is 0. The summed E-state index contributed by atoms with van der Waals surface area (Å²) in [4.78, 5) is 12.8. The van der Waals surface area contributed by atoms with Gasteiger partial charge < -0.3 is 4.74 Å². The first-order chi connectivity index (χ1) is 12.6. The second-order valence-electron chi connectivity index (χ2n) is 6.26. The summed E-state index contributed by atoms with van der Waals surface area (Å²) >= 11 is 0. The van der Waals surface area contributed by atoms with E-state index < -0.39 is 26.2 Å². The lowest BCUT2D eigenvalue weighted by Gasteiger charge is -2.29. The second kappa shape index (κ2) is 8.73. The standard InChI is InChI=1S/C20H22O4S2/c1-24-17-10-8-16(9-11-17)19(21)14-18(15-6-3-2-4-7-15)20-25(22)12-5-13-26(20)23/h2-4,6-11,18,20H,5,12-14H2,1H3/t18-,20?,25?,26?/m1/s1. The lowest BCUT2D eigenvalue weighted by atomic mass is 9.93. The quantitative estimate of drug-likeness (QED) is 0.710. The Labute approximate surface area is 158 Å². The molecule has 0 radical (unpaired) electrons. The van der Waals surface area contributed by atoms with Gasteiger partial charge in [0.25, 0.3) is 0 Å². The molecule has 1 heterocycles. The van der Waals surface area contributed by atoms with Gasteiger partial charge in [-0.15, -0.1) is 0 Å². The minimum atomic E-state index is -1.19. The first kappa shape index (κ1) is 19.0. The van der Waals surface area contributed by atoms with E-state index in [1.165, 1.54) is 0 Å². The first-order valence-corrected chi connectivity index (χ1v) is 11.3. The van der Waals surface area contributed by atoms with Gasteiger partial charge in [-0.25, -0.2) is 0 Å². The number of ether oxygens (including phenoxy) is 1. The van der Waals surface area contributed by atoms with Gasteiger partial charge >= 0.3 is 0 Å². The molecular weight excluding hydrogens is 368 g/mol. The molecule has 138 valence electrons. The Morgan fingerprint density at radius 2 is 1.65 bits per heavy atom. The molecule has 6 heteroatoms. The summed E-state index contributed by atoms with van der Waals surface area (Å²) in [5.41, 5.74) is 1.50. The number of methoxy groups -OCH3 is 1. The van der Waals surface area contributed by atoms with E-state index in [0.717, 1.165) is 5.56 Å². The number of carbonyl (C=O) groups excluding carboxylic acids is 1. The first-order valence-electron chi connectivity index (χ1n) is 8.56. The van der Waals surface area contributed by atoms with Crippen molar-refractivity contribution in [1.82, 2.24) is 0 Å². The summed E-state index contributed by atoms with van der Waals surface area (Å²) in [6, 6.07) is 16.5. The highest BCUT2D eigenvalue weighted by Crippen LogP contribution is 2.33. The molecule has 4 nitrogen and oxygen atoms in total. The summed E-state index contributed by atoms with van der Waals surface area (Å²) in [6.07, 6.45) is 0.905. The van der Waals surface area contributed by atoms with Gasteiger partial charge in [0, 0.05) is 51.0 Å². The average molecular weight is 391 g/mol. The van der Waals surface area contributed by atoms with Crippen LogP contribution in [0.5, 0.6) is 5.75 Å². The van der Waals surface area contributed by atoms with Gasteiger partial charge in [0.15, 0.2) is 5.78 Å². The SMILES string of the molecule is COc1ccc(C(=O)C[C@H](c2ccccc2)C2S(=O)CCCS2=O)cc1. The number of benzene rings is 2. The Morgan fingerprint density at radius 3 is 2.23 bits per heavy atom. The zero-order chi connectivity index (χ0) is 18.5. The van der Waals surface area contributed by atoms with Gasteiger partial charge in [0.05, 0.1) is 7.11 Å². The van der Waals surface area contributed by atoms with Crippen molar-refractivity contribution in [1.29, 1.82) is 0 Å². The highest BCUT2D eigenvalue weighted by atomic mass is 32.2. The van der Waals surface area contributed by atoms with Crippen LogP contribution in [-0.2, 0) is 21.6 Å². The Kier molecular flexibility index (Phi) is 6.38. The van der Waals surface area contributed by atoms with Gasteiger partial charge in [-0.2, -0.15) is 0 Å². The fourth-order valence-electron chi connectivity index (χ4n) is 3.23. The zero-order valence-corrected chi connectivity index (χ0v) is 16.3. The molecule has 3 atom stereocenters. The predicted octanol–water partition coefficient (Wildman–Crippen LogP) is 3.28. The maximum absolute atomic E-state index is 12.8. The molecule has 1 saturated heterocycles. The third-order valence-corrected chi connectivity index (χ3v) is 8.95. The maximum atomic E-state index is 12.8. The predicted molar refractivity (Wildman–Crippen MR) is 106 cm³/mol. The molecule has 0 aromatic heterocycles. The number of hydrogen-bond donors (Lipinski definition) is 0. The Hall–Kier alpha value is -1.79. The highest BCUT2D eigenvalue weighted by Gasteiger charge is 2.37. The van der Waals surface area contributed by atoms with E-state index in [2.05, 4.69) is 0 Å². The minimum absolute atomic E-state index is 0.0407. The number of carbonyl (C=O) groups is 1. The van der Waals surface area contributed by atoms with Crippen molar-refractivity contribution in [2.45, 2.75) is 23.3 Å². The molecule has 1 fully saturated rings. The molecule has 0 spiro atoms. The van der Waals surface area contributed by atoms with E-state index >= 15 is 0 Å². The van der Waals surface area contributed by atoms with E-state index in [1.807, 2.05) is 30.3 Å². The van der Waals surface area contributed by atoms with E-state index in [0.29, 0.717) is 29.2 Å². The molecule has 0 saturated carbocycles. The van der Waals surface area contributed by atoms with Gasteiger partial charge in [0.2, 0.25) is 0 Å². The molecule has 2 unspecified atom stereocenters. The molecule has 2 aromatic rings. The summed E-state index contributed by atoms with van der Waals surface area (Å²) in [5.74, 6) is 1.44. The fourth-order valence-corrected chi connectivity index (χ4v) is 7.51. The third kappa shape index (κ3) is 4.30. The summed E-state index contributed by atoms with van der Waals surface area (Å²) < 4.78 is 29.9. The van der Waals surface area contributed by atoms with Crippen LogP contribution in [0.3, 0.4) is 0 Å². The second-order valence-corrected chi connectivity index (χ2v) is 9.92. The van der Waals surface area contributed by atoms with Crippen LogP contribution in [0.25, 0.3) is 0 Å². The molecule has 3 rings (SSSR count). The van der Waals surface area contributed by atoms with Crippen LogP contribution in [0.4, 0.5) is 0 Å². The molecule has 0 aliphatic carbocycles. The van der Waals surface area contributed by atoms with Gasteiger partial charge in [-0.1, -0.05) is 30.3 Å². The normalized spacial score (nSPS) is 24.0. The van der Waals surface area contributed by atoms with Crippen molar-refractivity contribution in [2.24, 2.45) is 0 Å². The van der Waals surface area contributed by atoms with Gasteiger partial charge in [0.1, 0.15) is 10.3 Å². The van der Waals surface area contributed by atoms with Crippen LogP contribution in [0.1, 0.15) is 34.7 Å². The van der Waals surface area contributed by atoms with E-state index in [9.17, 15) is 13.2 Å². The summed E-state index contributed by atoms with van der Waals surface area (Å²) in [5, 5.41) is 0. The van der Waals surface area contributed by atoms with Crippen LogP contribution < -0.4 is 4.74 Å². The third-order valence-electron chi connectivity index (χ3n) is 4.58. The van der Waals surface area contributed by atoms with Crippen LogP contribution in [-0.4, -0.2) is 37.4 Å². The van der Waals surface area contributed by atoms with Crippen LogP contribution in [0, 0.1) is 0 Å². The number of ketones is 1. The average Bonchev–Trinajstić information content (AvgIpc) is 2.67. The highest BCUT2D eigenvalue weighted by molar-refractivity contribution is 8.03. The molecule has 1 aliphatic heterocycles. The Bertz CT molecular complexity index is 786. The van der Waals surface area contributed by atoms with Crippen molar-refractivity contribution in [2.75, 3.05) is 18.6 Å². The van der Waals surface area contributed by atoms with E-state index in [1.54, 1.807) is 31.4 Å². The van der Waals surface area contributed by atoms with Crippen LogP contribution >= 0.6 is 0 Å². The minimum Gasteiger partial charge on any atom is -0.497 e. The molecule has 26 heavy (non-hydrogen) atoms. The molecule has 0 bridgehead atoms. The van der Waals surface area contributed by atoms with Gasteiger partial charge in [-0.3, -0.25) is 13.2 Å². The molecule has 2 aromatic carbocycles. The molecular formula is C20H22O4S2. The van der Waals surface area contributed by atoms with Crippen molar-refractivity contribution in [3.8, 4) is 5.75 Å². The van der Waals surface area contributed by atoms with Crippen molar-refractivity contribution >= 4 is 27.4 Å². The lowest BCUT2D eigenvalue weighted by molar-refractivity contribution is 0.0975. The van der Waals surface area contributed by atoms with Crippen LogP contribution in [0.2, 0.25) is 0 Å². The molecule has 0 amide bonds. The van der Waals surface area contributed by atoms with Crippen LogP contribution in [0.15, 0.2) is 54.6 Å². The van der Waals surface area contributed by atoms with Crippen molar-refractivity contribution in [3.63, 3.8) is 0 Å².